The maximum Gasteiger partial charge on any atom is 0.534 e. The summed E-state index contributed by atoms with van der Waals surface area (Å²) in [7, 11) is -5.83. The molecule has 2 aliphatic heterocycles. The van der Waals surface area contributed by atoms with E-state index in [4.69, 9.17) is 9.84 Å². The number of alkyl halides is 3. The van der Waals surface area contributed by atoms with Crippen molar-refractivity contribution in [2.45, 2.75) is 17.8 Å². The van der Waals surface area contributed by atoms with Crippen molar-refractivity contribution in [2.75, 3.05) is 19.7 Å². The predicted molar refractivity (Wildman–Crippen MR) is 78.0 cm³/mol. The number of benzene rings is 1. The van der Waals surface area contributed by atoms with E-state index >= 15 is 0 Å². The first-order chi connectivity index (χ1) is 11.6. The van der Waals surface area contributed by atoms with Crippen molar-refractivity contribution < 1.29 is 40.4 Å². The van der Waals surface area contributed by atoms with E-state index < -0.39 is 27.5 Å². The molecule has 25 heavy (non-hydrogen) atoms. The summed E-state index contributed by atoms with van der Waals surface area (Å²) in [4.78, 5) is 12.4. The molecule has 0 saturated carbocycles. The van der Waals surface area contributed by atoms with Gasteiger partial charge < -0.3 is 18.9 Å². The van der Waals surface area contributed by atoms with E-state index in [0.717, 1.165) is 6.07 Å². The molecule has 1 aromatic carbocycles. The minimum absolute atomic E-state index is 0.0631. The molecule has 11 heteroatoms. The Balaban J connectivity index is 1.98. The number of carbonyl (C=O) groups is 1. The Hall–Kier alpha value is -2.17. The lowest BCUT2D eigenvalue weighted by Crippen LogP contribution is -2.28. The third-order valence-corrected chi connectivity index (χ3v) is 5.30. The Morgan fingerprint density at radius 3 is 2.68 bits per heavy atom. The van der Waals surface area contributed by atoms with Gasteiger partial charge in [-0.3, -0.25) is 0 Å². The van der Waals surface area contributed by atoms with Gasteiger partial charge >= 0.3 is 21.7 Å². The van der Waals surface area contributed by atoms with Gasteiger partial charge in [0, 0.05) is 24.6 Å². The monoisotopic (exact) mass is 381 g/mol. The first kappa shape index (κ1) is 17.6. The molecule has 0 aliphatic carbocycles. The molecule has 2 heterocycles. The maximum absolute atomic E-state index is 12.6. The molecule has 1 fully saturated rings. The van der Waals surface area contributed by atoms with E-state index in [0.29, 0.717) is 12.0 Å². The second-order valence-corrected chi connectivity index (χ2v) is 7.39. The Morgan fingerprint density at radius 1 is 1.32 bits per heavy atom. The van der Waals surface area contributed by atoms with Crippen molar-refractivity contribution >= 4 is 16.2 Å². The van der Waals surface area contributed by atoms with Crippen LogP contribution in [0.25, 0.3) is 0 Å². The van der Waals surface area contributed by atoms with Crippen LogP contribution in [-0.4, -0.2) is 49.7 Å². The second kappa shape index (κ2) is 5.97. The highest BCUT2D eigenvalue weighted by atomic mass is 32.2. The van der Waals surface area contributed by atoms with Crippen LogP contribution in [0.15, 0.2) is 18.2 Å². The molecule has 0 unspecified atom stereocenters. The quantitative estimate of drug-likeness (QED) is 0.625. The first-order valence-corrected chi connectivity index (χ1v) is 8.75. The Kier molecular flexibility index (Phi) is 4.21. The van der Waals surface area contributed by atoms with Gasteiger partial charge in [-0.2, -0.15) is 21.6 Å². The summed E-state index contributed by atoms with van der Waals surface area (Å²) >= 11 is 0. The number of carboxylic acid groups (broad SMARTS) is 1. The number of para-hydroxylation sites is 1. The molecule has 1 saturated heterocycles. The largest absolute Gasteiger partial charge is 0.534 e. The Bertz CT molecular complexity index is 794. The number of fused-ring (bicyclic) bond motifs is 3. The molecule has 1 N–H and O–H groups in total. The van der Waals surface area contributed by atoms with Crippen molar-refractivity contribution in [3.8, 4) is 11.5 Å². The summed E-state index contributed by atoms with van der Waals surface area (Å²) in [6.45, 7) is 0.564. The molecular weight excluding hydrogens is 367 g/mol. The summed E-state index contributed by atoms with van der Waals surface area (Å²) in [5, 5.41) is 9.14. The molecule has 7 nitrogen and oxygen atoms in total. The fourth-order valence-corrected chi connectivity index (χ4v) is 3.66. The summed E-state index contributed by atoms with van der Waals surface area (Å²) in [5.74, 6) is -1.00. The van der Waals surface area contributed by atoms with Crippen LogP contribution >= 0.6 is 0 Å². The lowest BCUT2D eigenvalue weighted by molar-refractivity contribution is -0.0500. The lowest BCUT2D eigenvalue weighted by Gasteiger charge is -2.18. The van der Waals surface area contributed by atoms with Crippen LogP contribution in [0.4, 0.5) is 18.0 Å². The van der Waals surface area contributed by atoms with Crippen LogP contribution in [0.1, 0.15) is 17.9 Å². The Labute approximate surface area is 141 Å². The molecule has 1 aromatic rings. The summed E-state index contributed by atoms with van der Waals surface area (Å²) in [6.07, 6.45) is -0.586. The third-order valence-electron chi connectivity index (χ3n) is 4.34. The number of hydrogen-bond acceptors (Lipinski definition) is 5. The van der Waals surface area contributed by atoms with Crippen LogP contribution < -0.4 is 8.92 Å². The fraction of sp³-hybridized carbons (Fsp3) is 0.500. The molecule has 0 spiro atoms. The highest BCUT2D eigenvalue weighted by Gasteiger charge is 2.49. The summed E-state index contributed by atoms with van der Waals surface area (Å²) < 4.78 is 69.9. The van der Waals surface area contributed by atoms with Gasteiger partial charge in [-0.05, 0) is 18.4 Å². The van der Waals surface area contributed by atoms with Crippen molar-refractivity contribution in [2.24, 2.45) is 5.92 Å². The average Bonchev–Trinajstić information content (AvgIpc) is 2.84. The van der Waals surface area contributed by atoms with Crippen molar-refractivity contribution in [1.82, 2.24) is 4.90 Å². The molecule has 0 radical (unpaired) electrons. The molecule has 1 amide bonds. The normalized spacial score (nSPS) is 23.2. The van der Waals surface area contributed by atoms with Crippen LogP contribution in [-0.2, 0) is 10.1 Å². The zero-order chi connectivity index (χ0) is 18.4. The van der Waals surface area contributed by atoms with Crippen LogP contribution in [0.5, 0.6) is 11.5 Å². The number of halogens is 3. The predicted octanol–water partition coefficient (Wildman–Crippen LogP) is 2.39. The highest BCUT2D eigenvalue weighted by molar-refractivity contribution is 7.88. The van der Waals surface area contributed by atoms with Crippen molar-refractivity contribution in [3.63, 3.8) is 0 Å². The van der Waals surface area contributed by atoms with Gasteiger partial charge in [-0.25, -0.2) is 4.79 Å². The number of amides is 1. The zero-order valence-electron chi connectivity index (χ0n) is 12.7. The highest BCUT2D eigenvalue weighted by Crippen LogP contribution is 2.46. The van der Waals surface area contributed by atoms with E-state index in [1.165, 1.54) is 11.0 Å². The summed E-state index contributed by atoms with van der Waals surface area (Å²) in [6, 6.07) is 4.01. The molecule has 2 aliphatic rings. The number of nitrogens with zero attached hydrogens (tertiary/aromatic N) is 1. The number of hydrogen-bond donors (Lipinski definition) is 1. The van der Waals surface area contributed by atoms with Gasteiger partial charge in [0.15, 0.2) is 11.5 Å². The van der Waals surface area contributed by atoms with Gasteiger partial charge in [0.2, 0.25) is 0 Å². The van der Waals surface area contributed by atoms with Gasteiger partial charge in [0.05, 0.1) is 6.61 Å². The maximum atomic E-state index is 12.6. The van der Waals surface area contributed by atoms with Crippen LogP contribution in [0, 0.1) is 5.92 Å². The minimum atomic E-state index is -5.83. The smallest absolute Gasteiger partial charge is 0.489 e. The van der Waals surface area contributed by atoms with E-state index in [9.17, 15) is 26.4 Å². The van der Waals surface area contributed by atoms with E-state index in [-0.39, 0.29) is 37.3 Å². The third kappa shape index (κ3) is 3.20. The zero-order valence-corrected chi connectivity index (χ0v) is 13.5. The van der Waals surface area contributed by atoms with Gasteiger partial charge in [-0.1, -0.05) is 12.1 Å². The molecule has 138 valence electrons. The van der Waals surface area contributed by atoms with Gasteiger partial charge in [-0.15, -0.1) is 0 Å². The molecule has 0 aromatic heterocycles. The topological polar surface area (TPSA) is 93.1 Å². The number of rotatable bonds is 2. The Morgan fingerprint density at radius 2 is 2.04 bits per heavy atom. The van der Waals surface area contributed by atoms with Gasteiger partial charge in [0.1, 0.15) is 0 Å². The molecule has 0 bridgehead atoms. The van der Waals surface area contributed by atoms with Crippen molar-refractivity contribution in [3.05, 3.63) is 23.8 Å². The molecule has 3 rings (SSSR count). The molecular formula is C14H14F3NO6S. The summed E-state index contributed by atoms with van der Waals surface area (Å²) in [5.41, 5.74) is -5.11. The minimum Gasteiger partial charge on any atom is -0.489 e. The van der Waals surface area contributed by atoms with Gasteiger partial charge in [0.25, 0.3) is 0 Å². The van der Waals surface area contributed by atoms with E-state index in [1.54, 1.807) is 6.07 Å². The SMILES string of the molecule is O=C(O)N1C[C@H]2CCOc3c(OS(=O)(=O)C(F)(F)F)cccc3[C@@H]2C1. The number of likely N-dealkylation sites (tertiary alicyclic amines) is 1. The lowest BCUT2D eigenvalue weighted by atomic mass is 9.87. The van der Waals surface area contributed by atoms with Crippen LogP contribution in [0.3, 0.4) is 0 Å². The first-order valence-electron chi connectivity index (χ1n) is 7.34. The fourth-order valence-electron chi connectivity index (χ4n) is 3.19. The molecule has 2 atom stereocenters. The second-order valence-electron chi connectivity index (χ2n) is 5.85. The average molecular weight is 381 g/mol. The van der Waals surface area contributed by atoms with E-state index in [2.05, 4.69) is 4.18 Å². The van der Waals surface area contributed by atoms with Crippen molar-refractivity contribution in [1.29, 1.82) is 0 Å². The van der Waals surface area contributed by atoms with Crippen LogP contribution in [0.2, 0.25) is 0 Å². The number of ether oxygens (including phenoxy) is 1. The standard InChI is InChI=1S/C14H14F3NO6S/c15-14(16,17)25(21,22)24-11-3-1-2-9-10-7-18(13(19)20)6-8(10)4-5-23-12(9)11/h1-3,8,10H,4-7H2,(H,19,20)/t8-,10-/m1/s1. The van der Waals surface area contributed by atoms with E-state index in [1.807, 2.05) is 0 Å².